The lowest BCUT2D eigenvalue weighted by Crippen LogP contribution is -2.46. The first-order valence-electron chi connectivity index (χ1n) is 12.9. The molecule has 39 heavy (non-hydrogen) atoms. The molecule has 0 spiro atoms. The van der Waals surface area contributed by atoms with Gasteiger partial charge >= 0.3 is 6.18 Å². The van der Waals surface area contributed by atoms with Gasteiger partial charge in [-0.1, -0.05) is 18.5 Å². The molecular formula is C28H32F3N7S. The molecule has 1 aromatic carbocycles. The maximum Gasteiger partial charge on any atom is 0.416 e. The second-order valence-corrected chi connectivity index (χ2v) is 10.7. The smallest absolute Gasteiger partial charge is 0.369 e. The quantitative estimate of drug-likeness (QED) is 0.322. The number of benzene rings is 1. The molecule has 2 aromatic heterocycles. The summed E-state index contributed by atoms with van der Waals surface area (Å²) < 4.78 is 42.4. The zero-order valence-electron chi connectivity index (χ0n) is 22.2. The Hall–Kier alpha value is -3.31. The van der Waals surface area contributed by atoms with Crippen LogP contribution in [0, 0.1) is 6.92 Å². The third kappa shape index (κ3) is 5.99. The van der Waals surface area contributed by atoms with Crippen molar-refractivity contribution in [2.24, 2.45) is 0 Å². The van der Waals surface area contributed by atoms with Crippen LogP contribution in [0.5, 0.6) is 0 Å². The van der Waals surface area contributed by atoms with E-state index in [9.17, 15) is 13.2 Å². The Morgan fingerprint density at radius 1 is 1.15 bits per heavy atom. The lowest BCUT2D eigenvalue weighted by Gasteiger charge is -2.43. The second-order valence-electron chi connectivity index (χ2n) is 10.1. The Labute approximate surface area is 231 Å². The van der Waals surface area contributed by atoms with Gasteiger partial charge in [-0.3, -0.25) is 4.90 Å². The number of aromatic nitrogens is 3. The molecule has 0 saturated carbocycles. The minimum atomic E-state index is -4.37. The van der Waals surface area contributed by atoms with E-state index in [0.29, 0.717) is 23.7 Å². The summed E-state index contributed by atoms with van der Waals surface area (Å²) >= 11 is 1.51. The second kappa shape index (κ2) is 11.1. The molecular weight excluding hydrogens is 523 g/mol. The predicted octanol–water partition coefficient (Wildman–Crippen LogP) is 6.47. The van der Waals surface area contributed by atoms with E-state index in [1.165, 1.54) is 31.0 Å². The van der Waals surface area contributed by atoms with Crippen LogP contribution in [0.2, 0.25) is 0 Å². The first-order chi connectivity index (χ1) is 18.6. The minimum Gasteiger partial charge on any atom is -0.369 e. The first kappa shape index (κ1) is 27.3. The van der Waals surface area contributed by atoms with Crippen molar-refractivity contribution in [1.29, 1.82) is 0 Å². The number of piperidine rings is 1. The van der Waals surface area contributed by atoms with Crippen molar-refractivity contribution in [2.45, 2.75) is 58.0 Å². The predicted molar refractivity (Wildman–Crippen MR) is 150 cm³/mol. The first-order valence-corrected chi connectivity index (χ1v) is 14.1. The van der Waals surface area contributed by atoms with Crippen molar-refractivity contribution in [3.8, 4) is 0 Å². The summed E-state index contributed by atoms with van der Waals surface area (Å²) in [7, 11) is 0. The van der Waals surface area contributed by atoms with Crippen molar-refractivity contribution < 1.29 is 13.2 Å². The highest BCUT2D eigenvalue weighted by atomic mass is 32.2. The van der Waals surface area contributed by atoms with Gasteiger partial charge in [0.25, 0.3) is 0 Å². The fraction of sp³-hybridized carbons (Fsp3) is 0.393. The molecule has 1 unspecified atom stereocenters. The van der Waals surface area contributed by atoms with Crippen molar-refractivity contribution in [1.82, 2.24) is 24.8 Å². The van der Waals surface area contributed by atoms with Gasteiger partial charge in [-0.2, -0.15) is 13.2 Å². The van der Waals surface area contributed by atoms with Gasteiger partial charge in [-0.05, 0) is 62.6 Å². The molecule has 5 rings (SSSR count). The van der Waals surface area contributed by atoms with Crippen LogP contribution < -0.4 is 10.0 Å². The Balaban J connectivity index is 1.20. The number of fused-ring (bicyclic) bond motifs is 1. The van der Waals surface area contributed by atoms with E-state index in [1.54, 1.807) is 6.20 Å². The van der Waals surface area contributed by atoms with Crippen LogP contribution in [0.3, 0.4) is 0 Å². The molecule has 0 aliphatic carbocycles. The standard InChI is InChI=1S/C28H32F3N7S/c1-17-11-22(5-6-24(17)28(29,30)31)34-27-33-14-21-15-37(16-25(21)35-27)23-8-10-38(18(2)12-23)19(3)20-7-9-32-26(13-20)36-39-4/h5-7,9,11,13-14,18,23H,3,8,10,12,15-16H2,1-2,4H3,(H,32,36)(H,33,34,35)/t18-,23?/m1/s1. The number of nitrogens with zero attached hydrogens (tertiary/aromatic N) is 5. The number of nitrogens with one attached hydrogen (secondary N) is 2. The largest absolute Gasteiger partial charge is 0.416 e. The molecule has 206 valence electrons. The summed E-state index contributed by atoms with van der Waals surface area (Å²) in [5.41, 5.74) is 4.18. The van der Waals surface area contributed by atoms with E-state index in [1.807, 2.05) is 24.6 Å². The van der Waals surface area contributed by atoms with Crippen molar-refractivity contribution in [3.05, 3.63) is 77.3 Å². The molecule has 0 bridgehead atoms. The summed E-state index contributed by atoms with van der Waals surface area (Å²) in [6, 6.07) is 8.75. The van der Waals surface area contributed by atoms with E-state index in [0.717, 1.165) is 66.9 Å². The van der Waals surface area contributed by atoms with E-state index in [2.05, 4.69) is 43.3 Å². The van der Waals surface area contributed by atoms with E-state index >= 15 is 0 Å². The van der Waals surface area contributed by atoms with Crippen LogP contribution in [0.25, 0.3) is 5.70 Å². The summed E-state index contributed by atoms with van der Waals surface area (Å²) in [4.78, 5) is 18.3. The van der Waals surface area contributed by atoms with Gasteiger partial charge in [0.15, 0.2) is 0 Å². The van der Waals surface area contributed by atoms with Gasteiger partial charge in [0, 0.05) is 72.9 Å². The van der Waals surface area contributed by atoms with Crippen LogP contribution in [0.4, 0.5) is 30.6 Å². The molecule has 0 radical (unpaired) electrons. The van der Waals surface area contributed by atoms with Crippen LogP contribution in [0.1, 0.15) is 47.7 Å². The number of aryl methyl sites for hydroxylation is 1. The SMILES string of the molecule is C=C(c1ccnc(NSC)c1)N1CCC(N2Cc3cnc(Nc4ccc(C(F)(F)F)c(C)c4)nc3C2)C[C@H]1C. The molecule has 0 amide bonds. The minimum absolute atomic E-state index is 0.156. The Morgan fingerprint density at radius 2 is 1.97 bits per heavy atom. The highest BCUT2D eigenvalue weighted by Gasteiger charge is 2.34. The third-order valence-corrected chi connectivity index (χ3v) is 7.89. The van der Waals surface area contributed by atoms with Crippen LogP contribution in [-0.2, 0) is 19.3 Å². The number of halogens is 3. The fourth-order valence-electron chi connectivity index (χ4n) is 5.50. The molecule has 2 aliphatic rings. The number of hydrogen-bond acceptors (Lipinski definition) is 8. The molecule has 3 aromatic rings. The number of rotatable bonds is 7. The van der Waals surface area contributed by atoms with Gasteiger partial charge in [-0.15, -0.1) is 0 Å². The van der Waals surface area contributed by atoms with Crippen LogP contribution in [0.15, 0.2) is 49.3 Å². The normalized spacial score (nSPS) is 19.6. The topological polar surface area (TPSA) is 69.2 Å². The fourth-order valence-corrected chi connectivity index (χ4v) is 5.82. The molecule has 4 heterocycles. The lowest BCUT2D eigenvalue weighted by molar-refractivity contribution is -0.138. The zero-order valence-corrected chi connectivity index (χ0v) is 23.0. The highest BCUT2D eigenvalue weighted by molar-refractivity contribution is 7.99. The van der Waals surface area contributed by atoms with Gasteiger partial charge in [0.2, 0.25) is 5.95 Å². The molecule has 2 aliphatic heterocycles. The molecule has 2 N–H and O–H groups in total. The maximum atomic E-state index is 13.1. The van der Waals surface area contributed by atoms with Crippen molar-refractivity contribution in [3.63, 3.8) is 0 Å². The Kier molecular flexibility index (Phi) is 7.73. The number of pyridine rings is 1. The molecule has 7 nitrogen and oxygen atoms in total. The average molecular weight is 556 g/mol. The number of likely N-dealkylation sites (tertiary alicyclic amines) is 1. The van der Waals surface area contributed by atoms with Gasteiger partial charge in [0.1, 0.15) is 5.82 Å². The average Bonchev–Trinajstić information content (AvgIpc) is 3.31. The summed E-state index contributed by atoms with van der Waals surface area (Å²) in [5.74, 6) is 1.21. The monoisotopic (exact) mass is 555 g/mol. The molecule has 1 saturated heterocycles. The Morgan fingerprint density at radius 3 is 2.69 bits per heavy atom. The van der Waals surface area contributed by atoms with Gasteiger partial charge in [-0.25, -0.2) is 15.0 Å². The summed E-state index contributed by atoms with van der Waals surface area (Å²) in [5, 5.41) is 3.07. The van der Waals surface area contributed by atoms with E-state index in [-0.39, 0.29) is 5.56 Å². The van der Waals surface area contributed by atoms with Gasteiger partial charge < -0.3 is 14.9 Å². The number of anilines is 3. The van der Waals surface area contributed by atoms with E-state index in [4.69, 9.17) is 4.98 Å². The van der Waals surface area contributed by atoms with Crippen molar-refractivity contribution in [2.75, 3.05) is 22.8 Å². The zero-order chi connectivity index (χ0) is 27.7. The third-order valence-electron chi connectivity index (χ3n) is 7.48. The van der Waals surface area contributed by atoms with Crippen LogP contribution in [-0.4, -0.2) is 49.6 Å². The van der Waals surface area contributed by atoms with E-state index < -0.39 is 11.7 Å². The lowest BCUT2D eigenvalue weighted by atomic mass is 9.95. The number of alkyl halides is 3. The maximum absolute atomic E-state index is 13.1. The molecule has 11 heteroatoms. The number of hydrogen-bond donors (Lipinski definition) is 2. The van der Waals surface area contributed by atoms with Crippen LogP contribution >= 0.6 is 11.9 Å². The Bertz CT molecular complexity index is 1360. The van der Waals surface area contributed by atoms with Gasteiger partial charge in [0.05, 0.1) is 11.3 Å². The summed E-state index contributed by atoms with van der Waals surface area (Å²) in [6.45, 7) is 10.5. The highest BCUT2D eigenvalue weighted by Crippen LogP contribution is 2.35. The summed E-state index contributed by atoms with van der Waals surface area (Å²) in [6.07, 6.45) is 3.26. The molecule has 2 atom stereocenters. The molecule has 1 fully saturated rings. The van der Waals surface area contributed by atoms with Crippen molar-refractivity contribution >= 4 is 35.1 Å².